The Bertz CT molecular complexity index is 1140. The maximum absolute atomic E-state index is 13.4. The number of H-pyrrole nitrogens is 1. The maximum Gasteiger partial charge on any atom is 0.286 e. The number of hydrogen-bond acceptors (Lipinski definition) is 4. The van der Waals surface area contributed by atoms with Gasteiger partial charge in [-0.05, 0) is 36.4 Å². The van der Waals surface area contributed by atoms with Crippen molar-refractivity contribution in [2.24, 2.45) is 4.99 Å². The van der Waals surface area contributed by atoms with Gasteiger partial charge >= 0.3 is 0 Å². The highest BCUT2D eigenvalue weighted by molar-refractivity contribution is 7.85. The summed E-state index contributed by atoms with van der Waals surface area (Å²) in [6.45, 7) is 0. The Kier molecular flexibility index (Phi) is 7.26. The molecule has 0 bridgehead atoms. The van der Waals surface area contributed by atoms with Gasteiger partial charge in [0.2, 0.25) is 0 Å². The predicted molar refractivity (Wildman–Crippen MR) is 106 cm³/mol. The van der Waals surface area contributed by atoms with Crippen LogP contribution >= 0.6 is 11.6 Å². The van der Waals surface area contributed by atoms with Gasteiger partial charge in [0.05, 0.1) is 6.26 Å². The first-order chi connectivity index (χ1) is 13.5. The second-order valence-electron chi connectivity index (χ2n) is 5.57. The van der Waals surface area contributed by atoms with Crippen LogP contribution in [0.3, 0.4) is 0 Å². The minimum Gasteiger partial charge on any atom is -0.350 e. The molecule has 154 valence electrons. The van der Waals surface area contributed by atoms with Crippen LogP contribution in [0.5, 0.6) is 0 Å². The van der Waals surface area contributed by atoms with E-state index in [1.165, 1.54) is 6.07 Å². The number of amides is 1. The number of nitrogens with zero attached hydrogens (tertiary/aromatic N) is 1. The summed E-state index contributed by atoms with van der Waals surface area (Å²) in [7, 11) is -3.67. The number of carbonyl (C=O) groups is 1. The molecule has 0 fully saturated rings. The summed E-state index contributed by atoms with van der Waals surface area (Å²) in [6.07, 6.45) is 1.70. The van der Waals surface area contributed by atoms with Crippen LogP contribution < -0.4 is 10.9 Å². The molecule has 0 unspecified atom stereocenters. The highest BCUT2D eigenvalue weighted by Crippen LogP contribution is 2.21. The van der Waals surface area contributed by atoms with Gasteiger partial charge in [-0.3, -0.25) is 20.2 Å². The van der Waals surface area contributed by atoms with Gasteiger partial charge in [0.15, 0.2) is 11.6 Å². The molecule has 0 aliphatic heterocycles. The molecule has 0 atom stereocenters. The molecule has 0 aliphatic carbocycles. The first-order valence-corrected chi connectivity index (χ1v) is 10.0. The van der Waals surface area contributed by atoms with E-state index in [9.17, 15) is 22.0 Å². The van der Waals surface area contributed by atoms with E-state index in [-0.39, 0.29) is 0 Å². The molecule has 0 aliphatic rings. The third kappa shape index (κ3) is 7.14. The van der Waals surface area contributed by atoms with Crippen molar-refractivity contribution in [2.45, 2.75) is 0 Å². The zero-order chi connectivity index (χ0) is 21.6. The molecule has 0 radical (unpaired) electrons. The van der Waals surface area contributed by atoms with Crippen molar-refractivity contribution >= 4 is 50.6 Å². The molecule has 3 rings (SSSR count). The van der Waals surface area contributed by atoms with E-state index in [0.29, 0.717) is 17.0 Å². The van der Waals surface area contributed by atoms with Crippen LogP contribution in [-0.2, 0) is 10.1 Å². The summed E-state index contributed by atoms with van der Waals surface area (Å²) in [4.78, 5) is 18.5. The Labute approximate surface area is 169 Å². The third-order valence-corrected chi connectivity index (χ3v) is 3.44. The average molecular weight is 445 g/mol. The standard InChI is InChI=1S/C16H11ClF2N4O.CH4O3S/c17-10-4-5-13-9(6-10)7-14(22-13)16(24)23-21-8-20-15-11(18)2-1-3-12(15)19;1-5(2,3)4/h1-8,22H,(H,20,21)(H,23,24);1H3,(H,2,3,4). The first kappa shape index (κ1) is 22.3. The van der Waals surface area contributed by atoms with E-state index >= 15 is 0 Å². The summed E-state index contributed by atoms with van der Waals surface area (Å²) in [5.74, 6) is -2.07. The molecule has 8 nitrogen and oxygen atoms in total. The number of rotatable bonds is 4. The lowest BCUT2D eigenvalue weighted by Gasteiger charge is -2.02. The van der Waals surface area contributed by atoms with Crippen LogP contribution in [0.25, 0.3) is 10.9 Å². The molecule has 0 spiro atoms. The van der Waals surface area contributed by atoms with Crippen molar-refractivity contribution in [3.05, 3.63) is 64.8 Å². The van der Waals surface area contributed by atoms with Gasteiger partial charge < -0.3 is 4.98 Å². The number of fused-ring (bicyclic) bond motifs is 1. The van der Waals surface area contributed by atoms with E-state index in [4.69, 9.17) is 16.2 Å². The number of carbonyl (C=O) groups excluding carboxylic acids is 1. The normalized spacial score (nSPS) is 11.2. The molecule has 2 aromatic carbocycles. The minimum absolute atomic E-state index is 0.297. The Hall–Kier alpha value is -3.02. The van der Waals surface area contributed by atoms with Gasteiger partial charge in [-0.2, -0.15) is 8.42 Å². The second kappa shape index (κ2) is 9.45. The fourth-order valence-electron chi connectivity index (χ4n) is 2.10. The van der Waals surface area contributed by atoms with Crippen LogP contribution in [-0.4, -0.2) is 36.5 Å². The average Bonchev–Trinajstić information content (AvgIpc) is 3.02. The topological polar surface area (TPSA) is 124 Å². The number of benzene rings is 2. The van der Waals surface area contributed by atoms with E-state index in [2.05, 4.69) is 20.8 Å². The van der Waals surface area contributed by atoms with Gasteiger partial charge in [0.25, 0.3) is 16.0 Å². The Morgan fingerprint density at radius 1 is 1.21 bits per heavy atom. The second-order valence-corrected chi connectivity index (χ2v) is 7.48. The summed E-state index contributed by atoms with van der Waals surface area (Å²) in [5.41, 5.74) is 5.32. The van der Waals surface area contributed by atoms with E-state index in [1.807, 2.05) is 0 Å². The zero-order valence-electron chi connectivity index (χ0n) is 14.8. The summed E-state index contributed by atoms with van der Waals surface area (Å²) < 4.78 is 52.6. The van der Waals surface area contributed by atoms with E-state index in [1.54, 1.807) is 24.3 Å². The van der Waals surface area contributed by atoms with Crippen molar-refractivity contribution in [1.82, 2.24) is 15.8 Å². The number of aromatic amines is 1. The number of hydrogen-bond donors (Lipinski definition) is 4. The highest BCUT2D eigenvalue weighted by atomic mass is 35.5. The number of aliphatic imine (C=N–C) groups is 1. The smallest absolute Gasteiger partial charge is 0.286 e. The molecule has 1 aromatic heterocycles. The van der Waals surface area contributed by atoms with Crippen LogP contribution in [0.15, 0.2) is 47.5 Å². The lowest BCUT2D eigenvalue weighted by atomic mass is 10.2. The summed E-state index contributed by atoms with van der Waals surface area (Å²) in [6, 6.07) is 10.2. The lowest BCUT2D eigenvalue weighted by Crippen LogP contribution is -2.36. The quantitative estimate of drug-likeness (QED) is 0.213. The number of halogens is 3. The SMILES string of the molecule is CS(=O)(=O)O.O=C(NNC=Nc1c(F)cccc1F)c1cc2cc(Cl)ccc2[nH]1. The van der Waals surface area contributed by atoms with Gasteiger partial charge in [-0.25, -0.2) is 13.8 Å². The third-order valence-electron chi connectivity index (χ3n) is 3.21. The molecule has 0 saturated heterocycles. The van der Waals surface area contributed by atoms with Crippen molar-refractivity contribution in [1.29, 1.82) is 0 Å². The van der Waals surface area contributed by atoms with Gasteiger partial charge in [0, 0.05) is 15.9 Å². The Morgan fingerprint density at radius 3 is 2.45 bits per heavy atom. The molecule has 1 amide bonds. The molecular formula is C17H15ClF2N4O4S. The van der Waals surface area contributed by atoms with Crippen molar-refractivity contribution in [3.8, 4) is 0 Å². The molecule has 0 saturated carbocycles. The summed E-state index contributed by atoms with van der Waals surface area (Å²) >= 11 is 5.89. The monoisotopic (exact) mass is 444 g/mol. The number of aromatic nitrogens is 1. The van der Waals surface area contributed by atoms with Gasteiger partial charge in [0.1, 0.15) is 17.7 Å². The van der Waals surface area contributed by atoms with Crippen LogP contribution in [0.1, 0.15) is 10.5 Å². The largest absolute Gasteiger partial charge is 0.350 e. The molecule has 1 heterocycles. The molecule has 4 N–H and O–H groups in total. The van der Waals surface area contributed by atoms with Gasteiger partial charge in [-0.15, -0.1) is 0 Å². The van der Waals surface area contributed by atoms with Crippen LogP contribution in [0, 0.1) is 11.6 Å². The Balaban J connectivity index is 0.000000537. The van der Waals surface area contributed by atoms with Crippen molar-refractivity contribution in [3.63, 3.8) is 0 Å². The zero-order valence-corrected chi connectivity index (χ0v) is 16.4. The van der Waals surface area contributed by atoms with Crippen molar-refractivity contribution < 1.29 is 26.5 Å². The fraction of sp³-hybridized carbons (Fsp3) is 0.0588. The number of para-hydroxylation sites is 1. The van der Waals surface area contributed by atoms with E-state index in [0.717, 1.165) is 29.4 Å². The van der Waals surface area contributed by atoms with Crippen LogP contribution in [0.2, 0.25) is 5.02 Å². The molecule has 29 heavy (non-hydrogen) atoms. The first-order valence-electron chi connectivity index (χ1n) is 7.78. The van der Waals surface area contributed by atoms with E-state index < -0.39 is 33.3 Å². The van der Waals surface area contributed by atoms with Crippen molar-refractivity contribution in [2.75, 3.05) is 6.26 Å². The molecular weight excluding hydrogens is 430 g/mol. The molecule has 12 heteroatoms. The molecule has 3 aromatic rings. The van der Waals surface area contributed by atoms with Crippen LogP contribution in [0.4, 0.5) is 14.5 Å². The highest BCUT2D eigenvalue weighted by Gasteiger charge is 2.09. The maximum atomic E-state index is 13.4. The lowest BCUT2D eigenvalue weighted by molar-refractivity contribution is 0.0940. The van der Waals surface area contributed by atoms with Gasteiger partial charge in [-0.1, -0.05) is 17.7 Å². The minimum atomic E-state index is -3.67. The fourth-order valence-corrected chi connectivity index (χ4v) is 2.28. The predicted octanol–water partition coefficient (Wildman–Crippen LogP) is 3.20. The number of hydrazine groups is 1. The number of nitrogens with one attached hydrogen (secondary N) is 3. The Morgan fingerprint density at radius 2 is 1.83 bits per heavy atom. The summed E-state index contributed by atoms with van der Waals surface area (Å²) in [5, 5.41) is 1.35.